The number of aryl methyl sites for hydroxylation is 2. The molecule has 0 aliphatic rings. The molecule has 1 aromatic rings. The highest BCUT2D eigenvalue weighted by Gasteiger charge is 2.13. The Morgan fingerprint density at radius 1 is 1.67 bits per heavy atom. The summed E-state index contributed by atoms with van der Waals surface area (Å²) in [4.78, 5) is 14.9. The molecule has 0 bridgehead atoms. The number of carbonyl (C=O) groups is 1. The standard InChI is InChI=1S/C10H16N2O3/c1-3-15-6-4-5-12-7-11-8(2)9(12)10(13)14/h7H,3-6H2,1-2H3,(H,13,14). The van der Waals surface area contributed by atoms with Crippen LogP contribution >= 0.6 is 0 Å². The normalized spacial score (nSPS) is 10.5. The third kappa shape index (κ3) is 3.06. The molecule has 1 aromatic heterocycles. The van der Waals surface area contributed by atoms with Crippen LogP contribution in [0.15, 0.2) is 6.33 Å². The molecular formula is C10H16N2O3. The van der Waals surface area contributed by atoms with Crippen molar-refractivity contribution in [3.05, 3.63) is 17.7 Å². The Hall–Kier alpha value is -1.36. The van der Waals surface area contributed by atoms with Crippen LogP contribution in [0.1, 0.15) is 29.5 Å². The minimum Gasteiger partial charge on any atom is -0.477 e. The Balaban J connectivity index is 2.57. The molecule has 84 valence electrons. The second kappa shape index (κ2) is 5.50. The van der Waals surface area contributed by atoms with Gasteiger partial charge < -0.3 is 14.4 Å². The fourth-order valence-corrected chi connectivity index (χ4v) is 1.41. The molecule has 0 saturated carbocycles. The zero-order valence-electron chi connectivity index (χ0n) is 9.06. The van der Waals surface area contributed by atoms with Crippen LogP contribution in [0.25, 0.3) is 0 Å². The third-order valence-corrected chi connectivity index (χ3v) is 2.12. The average molecular weight is 212 g/mol. The lowest BCUT2D eigenvalue weighted by atomic mass is 10.3. The van der Waals surface area contributed by atoms with Crippen LogP contribution in [0.4, 0.5) is 0 Å². The first-order valence-electron chi connectivity index (χ1n) is 4.99. The van der Waals surface area contributed by atoms with Crippen LogP contribution < -0.4 is 0 Å². The average Bonchev–Trinajstić information content (AvgIpc) is 2.54. The number of rotatable bonds is 6. The predicted octanol–water partition coefficient (Wildman–Crippen LogP) is 1.32. The van der Waals surface area contributed by atoms with Crippen LogP contribution in [-0.2, 0) is 11.3 Å². The van der Waals surface area contributed by atoms with Gasteiger partial charge in [-0.1, -0.05) is 0 Å². The molecule has 0 fully saturated rings. The molecule has 5 nitrogen and oxygen atoms in total. The van der Waals surface area contributed by atoms with Gasteiger partial charge in [-0.05, 0) is 20.3 Å². The highest BCUT2D eigenvalue weighted by Crippen LogP contribution is 2.07. The first-order valence-corrected chi connectivity index (χ1v) is 4.99. The molecule has 0 spiro atoms. The molecule has 1 N–H and O–H groups in total. The SMILES string of the molecule is CCOCCCn1cnc(C)c1C(=O)O. The number of carboxylic acids is 1. The molecule has 0 aliphatic heterocycles. The maximum atomic E-state index is 10.9. The molecule has 0 atom stereocenters. The van der Waals surface area contributed by atoms with Gasteiger partial charge in [0, 0.05) is 19.8 Å². The molecule has 1 rings (SSSR count). The Labute approximate surface area is 88.7 Å². The van der Waals surface area contributed by atoms with E-state index in [1.165, 1.54) is 0 Å². The lowest BCUT2D eigenvalue weighted by Crippen LogP contribution is -2.10. The van der Waals surface area contributed by atoms with Crippen molar-refractivity contribution < 1.29 is 14.6 Å². The summed E-state index contributed by atoms with van der Waals surface area (Å²) >= 11 is 0. The quantitative estimate of drug-likeness (QED) is 0.722. The maximum absolute atomic E-state index is 10.9. The van der Waals surface area contributed by atoms with E-state index in [9.17, 15) is 4.79 Å². The van der Waals surface area contributed by atoms with Gasteiger partial charge in [0.05, 0.1) is 12.0 Å². The molecule has 0 radical (unpaired) electrons. The van der Waals surface area contributed by atoms with Gasteiger partial charge in [-0.2, -0.15) is 0 Å². The van der Waals surface area contributed by atoms with Crippen molar-refractivity contribution >= 4 is 5.97 Å². The zero-order chi connectivity index (χ0) is 11.3. The molecule has 15 heavy (non-hydrogen) atoms. The van der Waals surface area contributed by atoms with E-state index in [0.717, 1.165) is 6.42 Å². The lowest BCUT2D eigenvalue weighted by Gasteiger charge is -2.05. The zero-order valence-corrected chi connectivity index (χ0v) is 9.06. The van der Waals surface area contributed by atoms with Crippen molar-refractivity contribution in [3.8, 4) is 0 Å². The van der Waals surface area contributed by atoms with Gasteiger partial charge in [0.15, 0.2) is 0 Å². The summed E-state index contributed by atoms with van der Waals surface area (Å²) in [5.41, 5.74) is 0.824. The Bertz CT molecular complexity index is 333. The monoisotopic (exact) mass is 212 g/mol. The van der Waals surface area contributed by atoms with Crippen molar-refractivity contribution in [2.45, 2.75) is 26.8 Å². The van der Waals surface area contributed by atoms with E-state index < -0.39 is 5.97 Å². The first-order chi connectivity index (χ1) is 7.16. The Morgan fingerprint density at radius 2 is 2.40 bits per heavy atom. The van der Waals surface area contributed by atoms with E-state index >= 15 is 0 Å². The number of carboxylic acid groups (broad SMARTS) is 1. The Morgan fingerprint density at radius 3 is 3.00 bits per heavy atom. The van der Waals surface area contributed by atoms with Crippen LogP contribution in [0.5, 0.6) is 0 Å². The summed E-state index contributed by atoms with van der Waals surface area (Å²) in [6.45, 7) is 5.59. The van der Waals surface area contributed by atoms with E-state index in [-0.39, 0.29) is 5.69 Å². The minimum atomic E-state index is -0.929. The summed E-state index contributed by atoms with van der Waals surface area (Å²) in [5, 5.41) is 8.95. The first kappa shape index (κ1) is 11.7. The van der Waals surface area contributed by atoms with E-state index in [0.29, 0.717) is 25.5 Å². The molecule has 1 heterocycles. The second-order valence-electron chi connectivity index (χ2n) is 3.23. The minimum absolute atomic E-state index is 0.270. The predicted molar refractivity (Wildman–Crippen MR) is 55.0 cm³/mol. The number of aromatic carboxylic acids is 1. The molecule has 0 aromatic carbocycles. The lowest BCUT2D eigenvalue weighted by molar-refractivity contribution is 0.0682. The number of imidazole rings is 1. The maximum Gasteiger partial charge on any atom is 0.354 e. The fourth-order valence-electron chi connectivity index (χ4n) is 1.41. The summed E-state index contributed by atoms with van der Waals surface area (Å²) in [7, 11) is 0. The summed E-state index contributed by atoms with van der Waals surface area (Å²) in [5.74, 6) is -0.929. The van der Waals surface area contributed by atoms with E-state index in [2.05, 4.69) is 4.98 Å². The van der Waals surface area contributed by atoms with Gasteiger partial charge in [-0.25, -0.2) is 9.78 Å². The van der Waals surface area contributed by atoms with Gasteiger partial charge in [0.1, 0.15) is 5.69 Å². The van der Waals surface area contributed by atoms with Crippen LogP contribution in [0, 0.1) is 6.92 Å². The van der Waals surface area contributed by atoms with Crippen molar-refractivity contribution in [2.24, 2.45) is 0 Å². The molecule has 0 saturated heterocycles. The van der Waals surface area contributed by atoms with E-state index in [1.54, 1.807) is 17.8 Å². The van der Waals surface area contributed by atoms with Crippen molar-refractivity contribution in [3.63, 3.8) is 0 Å². The van der Waals surface area contributed by atoms with Gasteiger partial charge in [-0.15, -0.1) is 0 Å². The number of ether oxygens (including phenoxy) is 1. The summed E-state index contributed by atoms with van der Waals surface area (Å²) in [6.07, 6.45) is 2.36. The highest BCUT2D eigenvalue weighted by atomic mass is 16.5. The molecule has 5 heteroatoms. The van der Waals surface area contributed by atoms with Crippen molar-refractivity contribution in [1.82, 2.24) is 9.55 Å². The smallest absolute Gasteiger partial charge is 0.354 e. The number of hydrogen-bond donors (Lipinski definition) is 1. The Kier molecular flexibility index (Phi) is 4.30. The summed E-state index contributed by atoms with van der Waals surface area (Å²) < 4.78 is 6.83. The van der Waals surface area contributed by atoms with Crippen LogP contribution in [-0.4, -0.2) is 33.8 Å². The van der Waals surface area contributed by atoms with Crippen molar-refractivity contribution in [1.29, 1.82) is 0 Å². The number of aromatic nitrogens is 2. The fraction of sp³-hybridized carbons (Fsp3) is 0.600. The van der Waals surface area contributed by atoms with Crippen molar-refractivity contribution in [2.75, 3.05) is 13.2 Å². The second-order valence-corrected chi connectivity index (χ2v) is 3.23. The number of hydrogen-bond acceptors (Lipinski definition) is 3. The summed E-state index contributed by atoms with van der Waals surface area (Å²) in [6, 6.07) is 0. The molecular weight excluding hydrogens is 196 g/mol. The van der Waals surface area contributed by atoms with Crippen LogP contribution in [0.2, 0.25) is 0 Å². The van der Waals surface area contributed by atoms with E-state index in [1.807, 2.05) is 6.92 Å². The largest absolute Gasteiger partial charge is 0.477 e. The highest BCUT2D eigenvalue weighted by molar-refractivity contribution is 5.86. The molecule has 0 aliphatic carbocycles. The number of nitrogens with zero attached hydrogens (tertiary/aromatic N) is 2. The van der Waals surface area contributed by atoms with Gasteiger partial charge >= 0.3 is 5.97 Å². The molecule has 0 amide bonds. The van der Waals surface area contributed by atoms with Gasteiger partial charge in [-0.3, -0.25) is 0 Å². The van der Waals surface area contributed by atoms with Gasteiger partial charge in [0.2, 0.25) is 0 Å². The molecule has 0 unspecified atom stereocenters. The topological polar surface area (TPSA) is 64.4 Å². The third-order valence-electron chi connectivity index (χ3n) is 2.12. The van der Waals surface area contributed by atoms with Gasteiger partial charge in [0.25, 0.3) is 0 Å². The van der Waals surface area contributed by atoms with Crippen LogP contribution in [0.3, 0.4) is 0 Å². The van der Waals surface area contributed by atoms with E-state index in [4.69, 9.17) is 9.84 Å².